The van der Waals surface area contributed by atoms with Crippen molar-refractivity contribution >= 4 is 23.1 Å². The number of hydrogen-bond acceptors (Lipinski definition) is 5. The molecule has 1 aliphatic carbocycles. The van der Waals surface area contributed by atoms with Crippen molar-refractivity contribution in [2.75, 3.05) is 12.4 Å². The Balaban J connectivity index is 1.57. The molecule has 1 aliphatic rings. The van der Waals surface area contributed by atoms with Crippen molar-refractivity contribution in [1.29, 1.82) is 0 Å². The molecule has 0 aromatic carbocycles. The molecule has 0 unspecified atom stereocenters. The van der Waals surface area contributed by atoms with Crippen LogP contribution in [-0.4, -0.2) is 28.2 Å². The zero-order valence-electron chi connectivity index (χ0n) is 11.9. The maximum atomic E-state index is 12.0. The van der Waals surface area contributed by atoms with Gasteiger partial charge >= 0.3 is 0 Å². The minimum absolute atomic E-state index is 0.0919. The van der Waals surface area contributed by atoms with Crippen LogP contribution in [0, 0.1) is 0 Å². The minimum Gasteiger partial charge on any atom is -0.473 e. The molecule has 112 valence electrons. The van der Waals surface area contributed by atoms with E-state index in [0.29, 0.717) is 16.9 Å². The average Bonchev–Trinajstić information content (AvgIpc) is 3.19. The van der Waals surface area contributed by atoms with E-state index < -0.39 is 0 Å². The van der Waals surface area contributed by atoms with Gasteiger partial charge in [-0.2, -0.15) is 5.10 Å². The number of aromatic amines is 1. The highest BCUT2D eigenvalue weighted by molar-refractivity contribution is 7.13. The van der Waals surface area contributed by atoms with Crippen LogP contribution in [0.1, 0.15) is 42.2 Å². The molecule has 0 aliphatic heterocycles. The summed E-state index contributed by atoms with van der Waals surface area (Å²) in [7, 11) is 1.57. The molecule has 0 bridgehead atoms. The van der Waals surface area contributed by atoms with E-state index in [-0.39, 0.29) is 12.3 Å². The topological polar surface area (TPSA) is 79.9 Å². The fourth-order valence-corrected chi connectivity index (χ4v) is 3.38. The molecule has 2 N–H and O–H groups in total. The number of amides is 1. The van der Waals surface area contributed by atoms with Crippen LogP contribution < -0.4 is 10.1 Å². The predicted molar refractivity (Wildman–Crippen MR) is 80.8 cm³/mol. The summed E-state index contributed by atoms with van der Waals surface area (Å²) >= 11 is 1.37. The van der Waals surface area contributed by atoms with Gasteiger partial charge in [0.05, 0.1) is 13.5 Å². The number of aromatic nitrogens is 3. The summed E-state index contributed by atoms with van der Waals surface area (Å²) in [5.74, 6) is 1.07. The van der Waals surface area contributed by atoms with E-state index in [1.54, 1.807) is 13.3 Å². The SMILES string of the molecule is COc1ncc(CC(=O)Nc2cc(C3CCCC3)[nH]n2)s1. The van der Waals surface area contributed by atoms with Gasteiger partial charge in [-0.25, -0.2) is 4.98 Å². The standard InChI is InChI=1S/C14H18N4O2S/c1-20-14-15-8-10(21-14)6-13(19)16-12-7-11(17-18-12)9-4-2-3-5-9/h7-9H,2-6H2,1H3,(H2,16,17,18,19). The number of methoxy groups -OCH3 is 1. The molecule has 1 saturated carbocycles. The Kier molecular flexibility index (Phi) is 4.19. The molecule has 3 rings (SSSR count). The molecule has 7 heteroatoms. The molecular weight excluding hydrogens is 288 g/mol. The normalized spacial score (nSPS) is 15.3. The number of H-pyrrole nitrogens is 1. The van der Waals surface area contributed by atoms with E-state index in [1.165, 1.54) is 37.0 Å². The average molecular weight is 306 g/mol. The Morgan fingerprint density at radius 1 is 1.52 bits per heavy atom. The first kappa shape index (κ1) is 14.1. The monoisotopic (exact) mass is 306 g/mol. The maximum Gasteiger partial charge on any atom is 0.273 e. The van der Waals surface area contributed by atoms with Crippen LogP contribution in [0.3, 0.4) is 0 Å². The lowest BCUT2D eigenvalue weighted by atomic mass is 10.0. The molecule has 1 fully saturated rings. The molecule has 6 nitrogen and oxygen atoms in total. The van der Waals surface area contributed by atoms with E-state index in [0.717, 1.165) is 10.6 Å². The van der Waals surface area contributed by atoms with E-state index in [9.17, 15) is 4.79 Å². The number of nitrogens with one attached hydrogen (secondary N) is 2. The van der Waals surface area contributed by atoms with Crippen molar-refractivity contribution in [3.05, 3.63) is 22.8 Å². The molecular formula is C14H18N4O2S. The van der Waals surface area contributed by atoms with Crippen LogP contribution in [-0.2, 0) is 11.2 Å². The molecule has 2 aromatic heterocycles. The number of thiazole rings is 1. The zero-order valence-corrected chi connectivity index (χ0v) is 12.7. The van der Waals surface area contributed by atoms with Crippen LogP contribution >= 0.6 is 11.3 Å². The van der Waals surface area contributed by atoms with Gasteiger partial charge in [0.2, 0.25) is 5.91 Å². The molecule has 0 spiro atoms. The molecule has 2 aromatic rings. The fourth-order valence-electron chi connectivity index (χ4n) is 2.66. The van der Waals surface area contributed by atoms with E-state index in [2.05, 4.69) is 20.5 Å². The van der Waals surface area contributed by atoms with Crippen molar-refractivity contribution in [2.45, 2.75) is 38.0 Å². The van der Waals surface area contributed by atoms with Gasteiger partial charge < -0.3 is 10.1 Å². The van der Waals surface area contributed by atoms with E-state index >= 15 is 0 Å². The van der Waals surface area contributed by atoms with Gasteiger partial charge in [0.1, 0.15) is 0 Å². The van der Waals surface area contributed by atoms with Gasteiger partial charge in [-0.15, -0.1) is 0 Å². The van der Waals surface area contributed by atoms with Crippen molar-refractivity contribution < 1.29 is 9.53 Å². The van der Waals surface area contributed by atoms with E-state index in [1.807, 2.05) is 6.07 Å². The summed E-state index contributed by atoms with van der Waals surface area (Å²) in [6.07, 6.45) is 6.91. The summed E-state index contributed by atoms with van der Waals surface area (Å²) in [5, 5.41) is 10.6. The highest BCUT2D eigenvalue weighted by Crippen LogP contribution is 2.33. The Morgan fingerprint density at radius 2 is 2.33 bits per heavy atom. The Hall–Kier alpha value is -1.89. The van der Waals surface area contributed by atoms with Gasteiger partial charge in [-0.1, -0.05) is 24.2 Å². The first-order valence-corrected chi connectivity index (χ1v) is 7.90. The third-order valence-corrected chi connectivity index (χ3v) is 4.66. The van der Waals surface area contributed by atoms with Crippen molar-refractivity contribution in [3.8, 4) is 5.19 Å². The van der Waals surface area contributed by atoms with Crippen molar-refractivity contribution in [1.82, 2.24) is 15.2 Å². The molecule has 0 saturated heterocycles. The summed E-state index contributed by atoms with van der Waals surface area (Å²) in [5.41, 5.74) is 1.13. The van der Waals surface area contributed by atoms with Crippen LogP contribution in [0.4, 0.5) is 5.82 Å². The maximum absolute atomic E-state index is 12.0. The second-order valence-electron chi connectivity index (χ2n) is 5.21. The quantitative estimate of drug-likeness (QED) is 0.890. The van der Waals surface area contributed by atoms with Gasteiger partial charge in [0, 0.05) is 28.8 Å². The van der Waals surface area contributed by atoms with Crippen molar-refractivity contribution in [2.24, 2.45) is 0 Å². The molecule has 2 heterocycles. The Morgan fingerprint density at radius 3 is 3.05 bits per heavy atom. The van der Waals surface area contributed by atoms with Gasteiger partial charge in [0.25, 0.3) is 5.19 Å². The molecule has 1 amide bonds. The highest BCUT2D eigenvalue weighted by atomic mass is 32.1. The highest BCUT2D eigenvalue weighted by Gasteiger charge is 2.19. The van der Waals surface area contributed by atoms with Crippen LogP contribution in [0.15, 0.2) is 12.3 Å². The van der Waals surface area contributed by atoms with Gasteiger partial charge in [-0.05, 0) is 12.8 Å². The lowest BCUT2D eigenvalue weighted by Crippen LogP contribution is -2.13. The van der Waals surface area contributed by atoms with Crippen LogP contribution in [0.25, 0.3) is 0 Å². The van der Waals surface area contributed by atoms with E-state index in [4.69, 9.17) is 4.74 Å². The largest absolute Gasteiger partial charge is 0.473 e. The number of ether oxygens (including phenoxy) is 1. The van der Waals surface area contributed by atoms with Crippen molar-refractivity contribution in [3.63, 3.8) is 0 Å². The number of nitrogens with zero attached hydrogens (tertiary/aromatic N) is 2. The fraction of sp³-hybridized carbons (Fsp3) is 0.500. The van der Waals surface area contributed by atoms with Gasteiger partial charge in [0.15, 0.2) is 5.82 Å². The molecule has 0 radical (unpaired) electrons. The zero-order chi connectivity index (χ0) is 14.7. The first-order chi connectivity index (χ1) is 10.2. The number of carbonyl (C=O) groups is 1. The second kappa shape index (κ2) is 6.26. The second-order valence-corrected chi connectivity index (χ2v) is 6.29. The first-order valence-electron chi connectivity index (χ1n) is 7.08. The van der Waals surface area contributed by atoms with Crippen LogP contribution in [0.5, 0.6) is 5.19 Å². The Labute approximate surface area is 126 Å². The molecule has 0 atom stereocenters. The minimum atomic E-state index is -0.0919. The summed E-state index contributed by atoms with van der Waals surface area (Å²) in [6.45, 7) is 0. The third kappa shape index (κ3) is 3.41. The summed E-state index contributed by atoms with van der Waals surface area (Å²) in [6, 6.07) is 1.95. The number of carbonyl (C=O) groups excluding carboxylic acids is 1. The number of rotatable bonds is 5. The number of hydrogen-bond donors (Lipinski definition) is 2. The van der Waals surface area contributed by atoms with Crippen LogP contribution in [0.2, 0.25) is 0 Å². The molecule has 21 heavy (non-hydrogen) atoms. The lowest BCUT2D eigenvalue weighted by molar-refractivity contribution is -0.115. The smallest absolute Gasteiger partial charge is 0.273 e. The van der Waals surface area contributed by atoms with Gasteiger partial charge in [-0.3, -0.25) is 9.89 Å². The Bertz CT molecular complexity index is 616. The lowest BCUT2D eigenvalue weighted by Gasteiger charge is -2.03. The predicted octanol–water partition coefficient (Wildman–Crippen LogP) is 2.71. The number of anilines is 1. The summed E-state index contributed by atoms with van der Waals surface area (Å²) in [4.78, 5) is 16.9. The third-order valence-electron chi connectivity index (χ3n) is 3.70. The summed E-state index contributed by atoms with van der Waals surface area (Å²) < 4.78 is 5.01.